The number of nitrogens with zero attached hydrogens (tertiary/aromatic N) is 2. The van der Waals surface area contributed by atoms with Crippen molar-refractivity contribution in [2.75, 3.05) is 13.6 Å². The van der Waals surface area contributed by atoms with Crippen molar-refractivity contribution in [2.24, 2.45) is 0 Å². The minimum atomic E-state index is 0.508. The third-order valence-electron chi connectivity index (χ3n) is 4.11. The molecule has 0 N–H and O–H groups in total. The maximum atomic E-state index is 5.91. The standard InChI is InChI=1S/C19H23BrN2OS/c1-5-22(4)18(24)11-16-10-17(20)19(21-14(16)3)23-12-15-9-7-6-8-13(15)2/h6-10H,5,11-12H2,1-4H3. The first-order chi connectivity index (χ1) is 11.4. The zero-order valence-corrected chi connectivity index (χ0v) is 17.0. The molecule has 0 unspecified atom stereocenters. The molecule has 0 saturated carbocycles. The van der Waals surface area contributed by atoms with Gasteiger partial charge >= 0.3 is 0 Å². The van der Waals surface area contributed by atoms with Crippen molar-refractivity contribution in [3.63, 3.8) is 0 Å². The Balaban J connectivity index is 2.12. The maximum absolute atomic E-state index is 5.91. The summed E-state index contributed by atoms with van der Waals surface area (Å²) in [7, 11) is 2.01. The highest BCUT2D eigenvalue weighted by atomic mass is 79.9. The predicted molar refractivity (Wildman–Crippen MR) is 107 cm³/mol. The summed E-state index contributed by atoms with van der Waals surface area (Å²) in [4.78, 5) is 7.60. The summed E-state index contributed by atoms with van der Waals surface area (Å²) in [6, 6.07) is 10.3. The highest BCUT2D eigenvalue weighted by Crippen LogP contribution is 2.27. The lowest BCUT2D eigenvalue weighted by atomic mass is 10.1. The van der Waals surface area contributed by atoms with Gasteiger partial charge in [-0.25, -0.2) is 4.98 Å². The number of pyridine rings is 1. The van der Waals surface area contributed by atoms with Gasteiger partial charge in [0.05, 0.1) is 9.46 Å². The quantitative estimate of drug-likeness (QED) is 0.639. The Labute approximate surface area is 158 Å². The molecule has 1 aromatic heterocycles. The van der Waals surface area contributed by atoms with Crippen molar-refractivity contribution < 1.29 is 4.74 Å². The van der Waals surface area contributed by atoms with E-state index in [2.05, 4.69) is 57.9 Å². The Kier molecular flexibility index (Phi) is 6.75. The smallest absolute Gasteiger partial charge is 0.228 e. The molecule has 0 aliphatic carbocycles. The van der Waals surface area contributed by atoms with Crippen LogP contribution < -0.4 is 4.74 Å². The number of hydrogen-bond acceptors (Lipinski definition) is 3. The van der Waals surface area contributed by atoms with Crippen LogP contribution in [0.1, 0.15) is 29.3 Å². The molecule has 0 bridgehead atoms. The van der Waals surface area contributed by atoms with E-state index in [9.17, 15) is 0 Å². The Bertz CT molecular complexity index is 733. The summed E-state index contributed by atoms with van der Waals surface area (Å²) in [6.07, 6.45) is 0.717. The first-order valence-corrected chi connectivity index (χ1v) is 9.19. The lowest BCUT2D eigenvalue weighted by Crippen LogP contribution is -2.26. The first-order valence-electron chi connectivity index (χ1n) is 7.99. The van der Waals surface area contributed by atoms with Gasteiger partial charge in [-0.2, -0.15) is 0 Å². The van der Waals surface area contributed by atoms with E-state index in [0.717, 1.165) is 33.7 Å². The molecule has 128 valence electrons. The molecule has 0 fully saturated rings. The zero-order chi connectivity index (χ0) is 17.7. The summed E-state index contributed by atoms with van der Waals surface area (Å²) >= 11 is 9.05. The fourth-order valence-electron chi connectivity index (χ4n) is 2.27. The van der Waals surface area contributed by atoms with Crippen LogP contribution >= 0.6 is 28.1 Å². The molecule has 2 rings (SSSR count). The Morgan fingerprint density at radius 1 is 1.25 bits per heavy atom. The van der Waals surface area contributed by atoms with Gasteiger partial charge in [0.1, 0.15) is 6.61 Å². The van der Waals surface area contributed by atoms with Crippen molar-refractivity contribution in [1.82, 2.24) is 9.88 Å². The molecule has 0 atom stereocenters. The van der Waals surface area contributed by atoms with E-state index in [4.69, 9.17) is 17.0 Å². The topological polar surface area (TPSA) is 25.4 Å². The number of aryl methyl sites for hydroxylation is 2. The number of aromatic nitrogens is 1. The van der Waals surface area contributed by atoms with Crippen LogP contribution in [-0.4, -0.2) is 28.5 Å². The molecule has 2 aromatic rings. The molecular weight excluding hydrogens is 384 g/mol. The van der Waals surface area contributed by atoms with E-state index in [-0.39, 0.29) is 0 Å². The van der Waals surface area contributed by atoms with E-state index in [0.29, 0.717) is 12.5 Å². The van der Waals surface area contributed by atoms with Crippen LogP contribution in [0.15, 0.2) is 34.8 Å². The van der Waals surface area contributed by atoms with Gasteiger partial charge in [0, 0.05) is 25.7 Å². The third-order valence-corrected chi connectivity index (χ3v) is 5.13. The monoisotopic (exact) mass is 406 g/mol. The average Bonchev–Trinajstić information content (AvgIpc) is 2.57. The summed E-state index contributed by atoms with van der Waals surface area (Å²) in [5.41, 5.74) is 4.45. The fraction of sp³-hybridized carbons (Fsp3) is 0.368. The van der Waals surface area contributed by atoms with Crippen molar-refractivity contribution >= 4 is 33.1 Å². The number of halogens is 1. The van der Waals surface area contributed by atoms with Crippen LogP contribution in [0.5, 0.6) is 5.88 Å². The lowest BCUT2D eigenvalue weighted by molar-refractivity contribution is 0.290. The van der Waals surface area contributed by atoms with E-state index in [1.165, 1.54) is 11.1 Å². The van der Waals surface area contributed by atoms with Gasteiger partial charge in [0.2, 0.25) is 5.88 Å². The van der Waals surface area contributed by atoms with E-state index < -0.39 is 0 Å². The average molecular weight is 407 g/mol. The Hall–Kier alpha value is -1.46. The van der Waals surface area contributed by atoms with Crippen LogP contribution in [-0.2, 0) is 13.0 Å². The molecule has 0 radical (unpaired) electrons. The molecule has 24 heavy (non-hydrogen) atoms. The van der Waals surface area contributed by atoms with Crippen LogP contribution in [0.2, 0.25) is 0 Å². The van der Waals surface area contributed by atoms with E-state index >= 15 is 0 Å². The van der Waals surface area contributed by atoms with Crippen LogP contribution in [0.3, 0.4) is 0 Å². The molecule has 0 spiro atoms. The van der Waals surface area contributed by atoms with Gasteiger partial charge in [-0.05, 0) is 59.5 Å². The van der Waals surface area contributed by atoms with E-state index in [1.54, 1.807) is 0 Å². The van der Waals surface area contributed by atoms with Crippen LogP contribution in [0.25, 0.3) is 0 Å². The second kappa shape index (κ2) is 8.58. The number of rotatable bonds is 6. The van der Waals surface area contributed by atoms with Crippen molar-refractivity contribution in [2.45, 2.75) is 33.8 Å². The summed E-state index contributed by atoms with van der Waals surface area (Å²) in [6.45, 7) is 7.59. The molecule has 0 aliphatic rings. The molecule has 3 nitrogen and oxygen atoms in total. The molecule has 1 heterocycles. The van der Waals surface area contributed by atoms with Gasteiger partial charge in [0.15, 0.2) is 0 Å². The van der Waals surface area contributed by atoms with Crippen LogP contribution in [0, 0.1) is 13.8 Å². The second-order valence-corrected chi connectivity index (χ2v) is 7.15. The van der Waals surface area contributed by atoms with Crippen molar-refractivity contribution in [1.29, 1.82) is 0 Å². The normalized spacial score (nSPS) is 10.5. The highest BCUT2D eigenvalue weighted by molar-refractivity contribution is 9.10. The van der Waals surface area contributed by atoms with Gasteiger partial charge in [0.25, 0.3) is 0 Å². The van der Waals surface area contributed by atoms with Gasteiger partial charge < -0.3 is 9.64 Å². The van der Waals surface area contributed by atoms with Gasteiger partial charge in [-0.3, -0.25) is 0 Å². The SMILES string of the molecule is CCN(C)C(=S)Cc1cc(Br)c(OCc2ccccc2C)nc1C. The number of benzene rings is 1. The Morgan fingerprint density at radius 3 is 2.62 bits per heavy atom. The van der Waals surface area contributed by atoms with Gasteiger partial charge in [-0.15, -0.1) is 0 Å². The first kappa shape index (κ1) is 18.9. The minimum absolute atomic E-state index is 0.508. The number of likely N-dealkylation sites (N-methyl/N-ethyl adjacent to an activating group) is 1. The van der Waals surface area contributed by atoms with Crippen LogP contribution in [0.4, 0.5) is 0 Å². The van der Waals surface area contributed by atoms with E-state index in [1.807, 2.05) is 26.1 Å². The molecule has 0 saturated heterocycles. The maximum Gasteiger partial charge on any atom is 0.228 e. The highest BCUT2D eigenvalue weighted by Gasteiger charge is 2.12. The second-order valence-electron chi connectivity index (χ2n) is 5.82. The third kappa shape index (κ3) is 4.77. The van der Waals surface area contributed by atoms with Gasteiger partial charge in [-0.1, -0.05) is 36.5 Å². The zero-order valence-electron chi connectivity index (χ0n) is 14.6. The lowest BCUT2D eigenvalue weighted by Gasteiger charge is -2.19. The fourth-order valence-corrected chi connectivity index (χ4v) is 3.03. The molecule has 0 aliphatic heterocycles. The number of ether oxygens (including phenoxy) is 1. The summed E-state index contributed by atoms with van der Waals surface area (Å²) in [5.74, 6) is 0.620. The van der Waals surface area contributed by atoms with Crippen molar-refractivity contribution in [3.8, 4) is 5.88 Å². The summed E-state index contributed by atoms with van der Waals surface area (Å²) in [5, 5.41) is 0. The number of hydrogen-bond donors (Lipinski definition) is 0. The largest absolute Gasteiger partial charge is 0.472 e. The summed E-state index contributed by atoms with van der Waals surface area (Å²) < 4.78 is 6.77. The molecule has 5 heteroatoms. The number of thiocarbonyl (C=S) groups is 1. The predicted octanol–water partition coefficient (Wildman–Crippen LogP) is 4.86. The Morgan fingerprint density at radius 2 is 1.96 bits per heavy atom. The molecule has 0 amide bonds. The minimum Gasteiger partial charge on any atom is -0.472 e. The molecule has 1 aromatic carbocycles. The van der Waals surface area contributed by atoms with Crippen molar-refractivity contribution in [3.05, 3.63) is 57.2 Å². The molecular formula is C19H23BrN2OS.